The normalized spacial score (nSPS) is 12.8. The van der Waals surface area contributed by atoms with Crippen molar-refractivity contribution in [2.45, 2.75) is 5.41 Å². The SMILES string of the molecule is N#Cc1ccc(-c2cccc(-c3nc4ccccc4c4cc5c(cc34)C(c3ccccc3)(c3ccccc3)c3ccccc3-5)c2)cc1. The van der Waals surface area contributed by atoms with Crippen LogP contribution < -0.4 is 0 Å². The number of aromatic nitrogens is 1. The third kappa shape index (κ3) is 4.07. The molecule has 1 heterocycles. The van der Waals surface area contributed by atoms with Gasteiger partial charge in [-0.05, 0) is 86.3 Å². The van der Waals surface area contributed by atoms with Crippen molar-refractivity contribution in [3.05, 3.63) is 198 Å². The summed E-state index contributed by atoms with van der Waals surface area (Å²) >= 11 is 0. The lowest BCUT2D eigenvalue weighted by atomic mass is 9.67. The van der Waals surface area contributed by atoms with E-state index in [1.54, 1.807) is 0 Å². The molecular formula is C45H28N2. The molecule has 218 valence electrons. The van der Waals surface area contributed by atoms with Crippen molar-refractivity contribution in [1.82, 2.24) is 4.98 Å². The molecule has 9 rings (SSSR count). The number of pyridine rings is 1. The molecule has 1 aromatic heterocycles. The van der Waals surface area contributed by atoms with E-state index in [9.17, 15) is 5.26 Å². The van der Waals surface area contributed by atoms with Crippen LogP contribution in [0.1, 0.15) is 27.8 Å². The molecule has 0 N–H and O–H groups in total. The van der Waals surface area contributed by atoms with Gasteiger partial charge < -0.3 is 0 Å². The summed E-state index contributed by atoms with van der Waals surface area (Å²) in [5.41, 5.74) is 12.9. The zero-order valence-electron chi connectivity index (χ0n) is 25.6. The Kier molecular flexibility index (Phi) is 6.13. The maximum Gasteiger partial charge on any atom is 0.0991 e. The molecule has 47 heavy (non-hydrogen) atoms. The van der Waals surface area contributed by atoms with Crippen LogP contribution >= 0.6 is 0 Å². The van der Waals surface area contributed by atoms with Crippen molar-refractivity contribution in [1.29, 1.82) is 5.26 Å². The lowest BCUT2D eigenvalue weighted by molar-refractivity contribution is 0.769. The lowest BCUT2D eigenvalue weighted by Crippen LogP contribution is -2.28. The molecule has 1 aliphatic rings. The molecule has 2 heteroatoms. The molecule has 0 bridgehead atoms. The first-order valence-electron chi connectivity index (χ1n) is 15.9. The van der Waals surface area contributed by atoms with Crippen LogP contribution in [0, 0.1) is 11.3 Å². The molecule has 0 amide bonds. The summed E-state index contributed by atoms with van der Waals surface area (Å²) in [6, 6.07) is 62.7. The van der Waals surface area contributed by atoms with Crippen LogP contribution in [0.5, 0.6) is 0 Å². The van der Waals surface area contributed by atoms with Gasteiger partial charge in [0.15, 0.2) is 0 Å². The van der Waals surface area contributed by atoms with Crippen molar-refractivity contribution < 1.29 is 0 Å². The van der Waals surface area contributed by atoms with E-state index in [-0.39, 0.29) is 0 Å². The molecule has 8 aromatic rings. The first-order chi connectivity index (χ1) is 23.3. The van der Waals surface area contributed by atoms with E-state index in [1.165, 1.54) is 38.8 Å². The zero-order valence-corrected chi connectivity index (χ0v) is 25.6. The number of hydrogen-bond donors (Lipinski definition) is 0. The van der Waals surface area contributed by atoms with Gasteiger partial charge in [-0.2, -0.15) is 5.26 Å². The highest BCUT2D eigenvalue weighted by molar-refractivity contribution is 6.13. The van der Waals surface area contributed by atoms with Crippen LogP contribution in [0.4, 0.5) is 0 Å². The van der Waals surface area contributed by atoms with Crippen molar-refractivity contribution in [3.8, 4) is 39.6 Å². The second-order valence-corrected chi connectivity index (χ2v) is 12.2. The Morgan fingerprint density at radius 1 is 0.447 bits per heavy atom. The Hall–Kier alpha value is -6.30. The lowest BCUT2D eigenvalue weighted by Gasteiger charge is -2.34. The third-order valence-electron chi connectivity index (χ3n) is 9.76. The van der Waals surface area contributed by atoms with Gasteiger partial charge in [0, 0.05) is 16.3 Å². The average Bonchev–Trinajstić information content (AvgIpc) is 3.44. The summed E-state index contributed by atoms with van der Waals surface area (Å²) in [5, 5.41) is 12.8. The quantitative estimate of drug-likeness (QED) is 0.190. The molecular weight excluding hydrogens is 569 g/mol. The van der Waals surface area contributed by atoms with E-state index in [0.29, 0.717) is 5.56 Å². The summed E-state index contributed by atoms with van der Waals surface area (Å²) in [6.07, 6.45) is 0. The number of benzene rings is 7. The highest BCUT2D eigenvalue weighted by Crippen LogP contribution is 2.57. The minimum Gasteiger partial charge on any atom is -0.247 e. The van der Waals surface area contributed by atoms with Gasteiger partial charge >= 0.3 is 0 Å². The summed E-state index contributed by atoms with van der Waals surface area (Å²) in [5.74, 6) is 0. The molecule has 0 saturated carbocycles. The topological polar surface area (TPSA) is 36.7 Å². The Labute approximate surface area is 273 Å². The minimum absolute atomic E-state index is 0.490. The fourth-order valence-corrected chi connectivity index (χ4v) is 7.69. The second-order valence-electron chi connectivity index (χ2n) is 12.2. The molecule has 0 spiro atoms. The highest BCUT2D eigenvalue weighted by Gasteiger charge is 2.46. The van der Waals surface area contributed by atoms with Gasteiger partial charge in [0.25, 0.3) is 0 Å². The van der Waals surface area contributed by atoms with Crippen LogP contribution in [-0.4, -0.2) is 4.98 Å². The van der Waals surface area contributed by atoms with Gasteiger partial charge in [-0.1, -0.05) is 133 Å². The van der Waals surface area contributed by atoms with Gasteiger partial charge in [0.2, 0.25) is 0 Å². The first-order valence-corrected chi connectivity index (χ1v) is 15.9. The van der Waals surface area contributed by atoms with Crippen LogP contribution in [-0.2, 0) is 5.41 Å². The van der Waals surface area contributed by atoms with E-state index < -0.39 is 5.41 Å². The third-order valence-corrected chi connectivity index (χ3v) is 9.76. The van der Waals surface area contributed by atoms with Crippen molar-refractivity contribution in [2.24, 2.45) is 0 Å². The number of para-hydroxylation sites is 1. The van der Waals surface area contributed by atoms with Crippen LogP contribution in [0.3, 0.4) is 0 Å². The molecule has 0 radical (unpaired) electrons. The predicted octanol–water partition coefficient (Wildman–Crippen LogP) is 11.0. The molecule has 2 nitrogen and oxygen atoms in total. The maximum atomic E-state index is 9.33. The second kappa shape index (κ2) is 10.7. The maximum absolute atomic E-state index is 9.33. The first kappa shape index (κ1) is 27.0. The largest absolute Gasteiger partial charge is 0.247 e. The molecule has 7 aromatic carbocycles. The number of rotatable bonds is 4. The van der Waals surface area contributed by atoms with E-state index in [1.807, 2.05) is 24.3 Å². The van der Waals surface area contributed by atoms with Crippen molar-refractivity contribution in [2.75, 3.05) is 0 Å². The number of hydrogen-bond acceptors (Lipinski definition) is 2. The molecule has 1 aliphatic carbocycles. The molecule has 0 atom stereocenters. The fraction of sp³-hybridized carbons (Fsp3) is 0.0222. The monoisotopic (exact) mass is 596 g/mol. The van der Waals surface area contributed by atoms with Crippen LogP contribution in [0.15, 0.2) is 170 Å². The Morgan fingerprint density at radius 3 is 1.85 bits per heavy atom. The predicted molar refractivity (Wildman–Crippen MR) is 192 cm³/mol. The number of nitriles is 1. The Balaban J connectivity index is 1.38. The van der Waals surface area contributed by atoms with Crippen LogP contribution in [0.2, 0.25) is 0 Å². The Bertz CT molecular complexity index is 2470. The van der Waals surface area contributed by atoms with Gasteiger partial charge in [0.1, 0.15) is 0 Å². The molecule has 0 fully saturated rings. The highest BCUT2D eigenvalue weighted by atomic mass is 14.7. The summed E-state index contributed by atoms with van der Waals surface area (Å²) < 4.78 is 0. The van der Waals surface area contributed by atoms with E-state index in [2.05, 4.69) is 152 Å². The molecule has 0 unspecified atom stereocenters. The van der Waals surface area contributed by atoms with E-state index in [4.69, 9.17) is 4.98 Å². The van der Waals surface area contributed by atoms with Gasteiger partial charge in [-0.3, -0.25) is 0 Å². The van der Waals surface area contributed by atoms with E-state index in [0.717, 1.165) is 38.7 Å². The standard InChI is InChI=1S/C45H28N2/c46-29-30-22-24-31(25-23-30)32-12-11-13-33(26-32)44-40-28-42-39(27-38(40)37-19-8-10-21-43(37)47-44)36-18-7-9-20-41(36)45(42,34-14-3-1-4-15-34)35-16-5-2-6-17-35/h1-28H. The number of nitrogens with zero attached hydrogens (tertiary/aromatic N) is 2. The smallest absolute Gasteiger partial charge is 0.0991 e. The van der Waals surface area contributed by atoms with Gasteiger partial charge in [-0.15, -0.1) is 0 Å². The Morgan fingerprint density at radius 2 is 1.11 bits per heavy atom. The average molecular weight is 597 g/mol. The van der Waals surface area contributed by atoms with Crippen molar-refractivity contribution >= 4 is 21.7 Å². The minimum atomic E-state index is -0.490. The summed E-state index contributed by atoms with van der Waals surface area (Å²) in [6.45, 7) is 0. The van der Waals surface area contributed by atoms with Crippen molar-refractivity contribution in [3.63, 3.8) is 0 Å². The molecule has 0 saturated heterocycles. The van der Waals surface area contributed by atoms with Crippen LogP contribution in [0.25, 0.3) is 55.2 Å². The zero-order chi connectivity index (χ0) is 31.4. The molecule has 0 aliphatic heterocycles. The van der Waals surface area contributed by atoms with Gasteiger partial charge in [0.05, 0.1) is 28.3 Å². The summed E-state index contributed by atoms with van der Waals surface area (Å²) in [4.78, 5) is 5.36. The van der Waals surface area contributed by atoms with Gasteiger partial charge in [-0.25, -0.2) is 4.98 Å². The summed E-state index contributed by atoms with van der Waals surface area (Å²) in [7, 11) is 0. The number of fused-ring (bicyclic) bond motifs is 6. The fourth-order valence-electron chi connectivity index (χ4n) is 7.69. The van der Waals surface area contributed by atoms with E-state index >= 15 is 0 Å².